The zero-order valence-corrected chi connectivity index (χ0v) is 18.2. The van der Waals surface area contributed by atoms with Gasteiger partial charge < -0.3 is 0 Å². The van der Waals surface area contributed by atoms with E-state index in [0.29, 0.717) is 0 Å². The smallest absolute Gasteiger partial charge is 0 e. The molecule has 0 aliphatic rings. The topological polar surface area (TPSA) is 0 Å². The first-order chi connectivity index (χ1) is 0. The van der Waals surface area contributed by atoms with Gasteiger partial charge >= 0.3 is 0 Å². The monoisotopic (exact) mass is 452 g/mol. The number of rotatable bonds is 0. The van der Waals surface area contributed by atoms with E-state index in [2.05, 4.69) is 0 Å². The van der Waals surface area contributed by atoms with Crippen LogP contribution in [-0.2, 0) is 55.0 Å². The third kappa shape index (κ3) is 26.2. The molecule has 0 fully saturated rings. The van der Waals surface area contributed by atoms with Gasteiger partial charge in [0, 0.05) is 55.0 Å². The van der Waals surface area contributed by atoms with E-state index in [1.165, 1.54) is 0 Å². The molecule has 0 saturated heterocycles. The number of hydrogen-bond acceptors (Lipinski definition) is 0. The second-order valence-electron chi connectivity index (χ2n) is 0. The quantitative estimate of drug-likeness (QED) is 0.370. The summed E-state index contributed by atoms with van der Waals surface area (Å²) in [7, 11) is 0. The Morgan fingerprint density at radius 1 is 0.667 bits per heavy atom. The fraction of sp³-hybridized carbons (Fsp3) is 0. The van der Waals surface area contributed by atoms with Gasteiger partial charge in [-0.15, -0.1) is 0 Å². The van der Waals surface area contributed by atoms with Gasteiger partial charge in [0.05, 0.1) is 0 Å². The van der Waals surface area contributed by atoms with Gasteiger partial charge in [-0.25, -0.2) is 0 Å². The van der Waals surface area contributed by atoms with Crippen LogP contribution in [0.3, 0.4) is 0 Å². The molecule has 0 aromatic carbocycles. The van der Waals surface area contributed by atoms with Crippen molar-refractivity contribution in [3.8, 4) is 0 Å². The van der Waals surface area contributed by atoms with Crippen LogP contribution in [0, 0.1) is 0 Å². The van der Waals surface area contributed by atoms with Gasteiger partial charge in [-0.3, -0.25) is 0 Å². The summed E-state index contributed by atoms with van der Waals surface area (Å²) in [6, 6.07) is 0. The molecule has 0 rings (SSSR count). The van der Waals surface area contributed by atoms with Gasteiger partial charge in [0.15, 0.2) is 0 Å². The molecule has 36 valence electrons. The standard InChI is InChI=1S/Cd.Hg.2H3P.2H2S/h;;2*1H3;2*1H2. The molecule has 0 nitrogen and oxygen atoms in total. The minimum atomic E-state index is 0. The molecular formula is H10CdHgP2S2. The van der Waals surface area contributed by atoms with E-state index in [1.807, 2.05) is 0 Å². The summed E-state index contributed by atoms with van der Waals surface area (Å²) in [6.45, 7) is 0. The Kier molecular flexibility index (Phi) is 378. The molecule has 0 radical (unpaired) electrons. The Morgan fingerprint density at radius 3 is 0.667 bits per heavy atom. The molecule has 0 aliphatic carbocycles. The van der Waals surface area contributed by atoms with E-state index in [4.69, 9.17) is 0 Å². The summed E-state index contributed by atoms with van der Waals surface area (Å²) in [5.74, 6) is 0. The van der Waals surface area contributed by atoms with Crippen LogP contribution in [0.4, 0.5) is 0 Å². The fourth-order valence-corrected chi connectivity index (χ4v) is 0. The third-order valence-corrected chi connectivity index (χ3v) is 0. The van der Waals surface area contributed by atoms with Crippen LogP contribution >= 0.6 is 46.8 Å². The average molecular weight is 449 g/mol. The van der Waals surface area contributed by atoms with E-state index in [9.17, 15) is 0 Å². The Bertz CT molecular complexity index is 11.5. The fourth-order valence-electron chi connectivity index (χ4n) is 0. The van der Waals surface area contributed by atoms with Crippen LogP contribution in [0.5, 0.6) is 0 Å². The number of hydrogen-bond donors (Lipinski definition) is 0. The summed E-state index contributed by atoms with van der Waals surface area (Å²) in [5.41, 5.74) is 0. The molecule has 0 aromatic rings. The first-order valence-electron chi connectivity index (χ1n) is 0. The van der Waals surface area contributed by atoms with Gasteiger partial charge in [0.2, 0.25) is 0 Å². The molecule has 0 spiro atoms. The second-order valence-corrected chi connectivity index (χ2v) is 0. The van der Waals surface area contributed by atoms with Crippen LogP contribution in [-0.4, -0.2) is 0 Å². The Labute approximate surface area is 100 Å². The van der Waals surface area contributed by atoms with Crippen molar-refractivity contribution < 1.29 is 55.0 Å². The van der Waals surface area contributed by atoms with Crippen LogP contribution in [0.2, 0.25) is 0 Å². The molecule has 2 unspecified atom stereocenters. The Hall–Kier alpha value is 3.42. The van der Waals surface area contributed by atoms with Gasteiger partial charge in [-0.1, -0.05) is 0 Å². The van der Waals surface area contributed by atoms with Gasteiger partial charge in [-0.2, -0.15) is 46.8 Å². The second kappa shape index (κ2) is 39.7. The minimum Gasteiger partial charge on any atom is -0.197 e. The van der Waals surface area contributed by atoms with Crippen molar-refractivity contribution in [2.75, 3.05) is 0 Å². The average Bonchev–Trinajstić information content (AvgIpc) is 0. The van der Waals surface area contributed by atoms with Crippen molar-refractivity contribution in [1.82, 2.24) is 0 Å². The van der Waals surface area contributed by atoms with Gasteiger partial charge in [-0.05, 0) is 0 Å². The van der Waals surface area contributed by atoms with Crippen molar-refractivity contribution in [3.63, 3.8) is 0 Å². The SMILES string of the molecule is P.P.S.S.[Cd].[Hg]. The third-order valence-electron chi connectivity index (χ3n) is 0. The minimum absolute atomic E-state index is 0. The van der Waals surface area contributed by atoms with E-state index in [0.717, 1.165) is 0 Å². The first-order valence-corrected chi connectivity index (χ1v) is 0. The maximum Gasteiger partial charge on any atom is 0 e. The predicted molar refractivity (Wildman–Crippen MR) is 43.0 cm³/mol. The molecule has 6 heavy (non-hydrogen) atoms. The zero-order chi connectivity index (χ0) is 0. The summed E-state index contributed by atoms with van der Waals surface area (Å²) in [4.78, 5) is 0. The van der Waals surface area contributed by atoms with E-state index in [1.54, 1.807) is 0 Å². The molecule has 0 aliphatic heterocycles. The van der Waals surface area contributed by atoms with Crippen molar-refractivity contribution in [1.29, 1.82) is 0 Å². The predicted octanol–water partition coefficient (Wildman–Crippen LogP) is 0.337. The van der Waals surface area contributed by atoms with E-state index < -0.39 is 0 Å². The van der Waals surface area contributed by atoms with Crippen LogP contribution < -0.4 is 0 Å². The van der Waals surface area contributed by atoms with Crippen LogP contribution in [0.1, 0.15) is 0 Å². The summed E-state index contributed by atoms with van der Waals surface area (Å²) >= 11 is 0. The van der Waals surface area contributed by atoms with Gasteiger partial charge in [0.25, 0.3) is 0 Å². The zero-order valence-electron chi connectivity index (χ0n) is 3.83. The Balaban J connectivity index is 0. The summed E-state index contributed by atoms with van der Waals surface area (Å²) in [5, 5.41) is 0. The maximum absolute atomic E-state index is 0. The largest absolute Gasteiger partial charge is 0.197 e. The maximum atomic E-state index is 0. The van der Waals surface area contributed by atoms with Crippen molar-refractivity contribution in [2.24, 2.45) is 0 Å². The molecule has 0 N–H and O–H groups in total. The van der Waals surface area contributed by atoms with Crippen molar-refractivity contribution in [3.05, 3.63) is 0 Å². The van der Waals surface area contributed by atoms with Gasteiger partial charge in [0.1, 0.15) is 0 Å². The molecule has 2 atom stereocenters. The first kappa shape index (κ1) is 57.1. The van der Waals surface area contributed by atoms with Crippen LogP contribution in [0.15, 0.2) is 0 Å². The molecular weight excluding hydrogens is 439 g/mol. The van der Waals surface area contributed by atoms with E-state index >= 15 is 0 Å². The Morgan fingerprint density at radius 2 is 0.667 bits per heavy atom. The van der Waals surface area contributed by atoms with Crippen LogP contribution in [0.25, 0.3) is 0 Å². The summed E-state index contributed by atoms with van der Waals surface area (Å²) in [6.07, 6.45) is 0. The molecule has 0 bridgehead atoms. The van der Waals surface area contributed by atoms with Crippen molar-refractivity contribution >= 4 is 46.8 Å². The summed E-state index contributed by atoms with van der Waals surface area (Å²) < 4.78 is 0. The van der Waals surface area contributed by atoms with Crippen molar-refractivity contribution in [2.45, 2.75) is 0 Å². The molecule has 0 saturated carbocycles. The molecule has 0 aromatic heterocycles. The van der Waals surface area contributed by atoms with E-state index in [-0.39, 0.29) is 102 Å². The normalized spacial score (nSPS) is 0. The molecule has 6 heteroatoms. The molecule has 0 heterocycles. The molecule has 0 amide bonds.